The molecule has 0 rings (SSSR count). The monoisotopic (exact) mass is 183 g/mol. The van der Waals surface area contributed by atoms with Crippen LogP contribution >= 0.6 is 0 Å². The van der Waals surface area contributed by atoms with Crippen LogP contribution in [-0.2, 0) is 0 Å². The standard InChI is InChI=1S/C11H21NO/c1-4-10(7-8-13)9-12-11(5-2)6-3/h2,10-13H,4,6-9H2,1,3H3. The Labute approximate surface area is 81.7 Å². The Balaban J connectivity index is 3.64. The van der Waals surface area contributed by atoms with Crippen LogP contribution in [0.2, 0.25) is 0 Å². The molecule has 0 aromatic rings. The van der Waals surface area contributed by atoms with Gasteiger partial charge < -0.3 is 10.4 Å². The van der Waals surface area contributed by atoms with Crippen LogP contribution in [0.15, 0.2) is 0 Å². The maximum atomic E-state index is 8.78. The molecule has 0 bridgehead atoms. The molecular weight excluding hydrogens is 162 g/mol. The predicted octanol–water partition coefficient (Wildman–Crippen LogP) is 1.40. The van der Waals surface area contributed by atoms with Crippen LogP contribution in [0.25, 0.3) is 0 Å². The second-order valence-electron chi connectivity index (χ2n) is 3.32. The topological polar surface area (TPSA) is 32.3 Å². The SMILES string of the molecule is C#CC(CC)NCC(CC)CCO. The Morgan fingerprint density at radius 1 is 1.38 bits per heavy atom. The maximum absolute atomic E-state index is 8.78. The molecule has 0 spiro atoms. The molecule has 2 atom stereocenters. The third-order valence-corrected chi connectivity index (χ3v) is 2.38. The summed E-state index contributed by atoms with van der Waals surface area (Å²) >= 11 is 0. The van der Waals surface area contributed by atoms with Gasteiger partial charge >= 0.3 is 0 Å². The Kier molecular flexibility index (Phi) is 7.77. The minimum absolute atomic E-state index is 0.188. The molecule has 2 unspecified atom stereocenters. The van der Waals surface area contributed by atoms with Crippen molar-refractivity contribution in [1.29, 1.82) is 0 Å². The summed E-state index contributed by atoms with van der Waals surface area (Å²) in [4.78, 5) is 0. The van der Waals surface area contributed by atoms with E-state index in [0.29, 0.717) is 5.92 Å². The van der Waals surface area contributed by atoms with Gasteiger partial charge in [0.05, 0.1) is 6.04 Å². The molecule has 0 aromatic heterocycles. The number of terminal acetylenes is 1. The van der Waals surface area contributed by atoms with E-state index < -0.39 is 0 Å². The second kappa shape index (κ2) is 8.10. The Morgan fingerprint density at radius 3 is 2.46 bits per heavy atom. The molecule has 13 heavy (non-hydrogen) atoms. The van der Waals surface area contributed by atoms with Crippen LogP contribution < -0.4 is 5.32 Å². The molecule has 0 saturated heterocycles. The van der Waals surface area contributed by atoms with Gasteiger partial charge in [-0.15, -0.1) is 6.42 Å². The van der Waals surface area contributed by atoms with Crippen molar-refractivity contribution in [3.8, 4) is 12.3 Å². The Bertz CT molecular complexity index is 151. The lowest BCUT2D eigenvalue weighted by Crippen LogP contribution is -2.32. The first-order valence-corrected chi connectivity index (χ1v) is 5.08. The average molecular weight is 183 g/mol. The molecule has 0 amide bonds. The van der Waals surface area contributed by atoms with E-state index >= 15 is 0 Å². The highest BCUT2D eigenvalue weighted by Crippen LogP contribution is 2.06. The molecule has 0 aromatic carbocycles. The van der Waals surface area contributed by atoms with E-state index in [1.54, 1.807) is 0 Å². The zero-order valence-corrected chi connectivity index (χ0v) is 8.71. The molecule has 0 radical (unpaired) electrons. The molecule has 0 fully saturated rings. The largest absolute Gasteiger partial charge is 0.396 e. The summed E-state index contributed by atoms with van der Waals surface area (Å²) in [6.07, 6.45) is 8.24. The minimum atomic E-state index is 0.188. The van der Waals surface area contributed by atoms with Gasteiger partial charge in [0, 0.05) is 6.61 Å². The van der Waals surface area contributed by atoms with Crippen LogP contribution in [0.5, 0.6) is 0 Å². The van der Waals surface area contributed by atoms with E-state index in [2.05, 4.69) is 25.1 Å². The van der Waals surface area contributed by atoms with Gasteiger partial charge in [0.2, 0.25) is 0 Å². The van der Waals surface area contributed by atoms with Gasteiger partial charge in [-0.3, -0.25) is 0 Å². The van der Waals surface area contributed by atoms with Crippen molar-refractivity contribution in [3.05, 3.63) is 0 Å². The number of hydrogen-bond donors (Lipinski definition) is 2. The molecular formula is C11H21NO. The lowest BCUT2D eigenvalue weighted by molar-refractivity contribution is 0.250. The summed E-state index contributed by atoms with van der Waals surface area (Å²) in [6, 6.07) is 0.188. The van der Waals surface area contributed by atoms with Crippen LogP contribution in [0.3, 0.4) is 0 Å². The van der Waals surface area contributed by atoms with E-state index in [4.69, 9.17) is 11.5 Å². The van der Waals surface area contributed by atoms with Crippen molar-refractivity contribution in [1.82, 2.24) is 5.32 Å². The molecule has 0 heterocycles. The van der Waals surface area contributed by atoms with E-state index in [0.717, 1.165) is 25.8 Å². The fourth-order valence-electron chi connectivity index (χ4n) is 1.26. The molecule has 2 nitrogen and oxygen atoms in total. The number of rotatable bonds is 7. The van der Waals surface area contributed by atoms with Gasteiger partial charge in [-0.2, -0.15) is 0 Å². The fraction of sp³-hybridized carbons (Fsp3) is 0.818. The molecule has 2 N–H and O–H groups in total. The maximum Gasteiger partial charge on any atom is 0.0684 e. The summed E-state index contributed by atoms with van der Waals surface area (Å²) in [5.74, 6) is 3.25. The Hall–Kier alpha value is -0.520. The second-order valence-corrected chi connectivity index (χ2v) is 3.32. The first-order valence-electron chi connectivity index (χ1n) is 5.08. The van der Waals surface area contributed by atoms with Gasteiger partial charge in [0.25, 0.3) is 0 Å². The third kappa shape index (κ3) is 5.68. The summed E-state index contributed by atoms with van der Waals surface area (Å²) in [5.41, 5.74) is 0. The smallest absolute Gasteiger partial charge is 0.0684 e. The lowest BCUT2D eigenvalue weighted by Gasteiger charge is -2.17. The fourth-order valence-corrected chi connectivity index (χ4v) is 1.26. The summed E-state index contributed by atoms with van der Waals surface area (Å²) in [6.45, 7) is 5.40. The zero-order valence-electron chi connectivity index (χ0n) is 8.71. The predicted molar refractivity (Wildman–Crippen MR) is 56.4 cm³/mol. The molecule has 0 aliphatic carbocycles. The summed E-state index contributed by atoms with van der Waals surface area (Å²) < 4.78 is 0. The van der Waals surface area contributed by atoms with Crippen molar-refractivity contribution in [2.24, 2.45) is 5.92 Å². The van der Waals surface area contributed by atoms with Crippen molar-refractivity contribution in [2.45, 2.75) is 39.2 Å². The minimum Gasteiger partial charge on any atom is -0.396 e. The molecule has 0 aliphatic rings. The molecule has 0 aliphatic heterocycles. The average Bonchev–Trinajstić information content (AvgIpc) is 2.17. The first kappa shape index (κ1) is 12.5. The van der Waals surface area contributed by atoms with Crippen molar-refractivity contribution in [3.63, 3.8) is 0 Å². The number of nitrogens with one attached hydrogen (secondary N) is 1. The zero-order chi connectivity index (χ0) is 10.1. The quantitative estimate of drug-likeness (QED) is 0.585. The van der Waals surface area contributed by atoms with Crippen molar-refractivity contribution in [2.75, 3.05) is 13.2 Å². The summed E-state index contributed by atoms with van der Waals surface area (Å²) in [7, 11) is 0. The molecule has 0 saturated carbocycles. The number of aliphatic hydroxyl groups excluding tert-OH is 1. The number of aliphatic hydroxyl groups is 1. The highest BCUT2D eigenvalue weighted by atomic mass is 16.3. The van der Waals surface area contributed by atoms with Gasteiger partial charge in [-0.05, 0) is 25.3 Å². The van der Waals surface area contributed by atoms with Crippen LogP contribution in [-0.4, -0.2) is 24.3 Å². The lowest BCUT2D eigenvalue weighted by atomic mass is 10.0. The Morgan fingerprint density at radius 2 is 2.08 bits per heavy atom. The van der Waals surface area contributed by atoms with Crippen LogP contribution in [0.4, 0.5) is 0 Å². The van der Waals surface area contributed by atoms with Crippen molar-refractivity contribution >= 4 is 0 Å². The van der Waals surface area contributed by atoms with Gasteiger partial charge in [-0.1, -0.05) is 26.2 Å². The summed E-state index contributed by atoms with van der Waals surface area (Å²) in [5, 5.41) is 12.1. The highest BCUT2D eigenvalue weighted by Gasteiger charge is 2.07. The third-order valence-electron chi connectivity index (χ3n) is 2.38. The molecule has 76 valence electrons. The van der Waals surface area contributed by atoms with E-state index in [1.165, 1.54) is 0 Å². The molecule has 2 heteroatoms. The van der Waals surface area contributed by atoms with Crippen LogP contribution in [0.1, 0.15) is 33.1 Å². The van der Waals surface area contributed by atoms with Gasteiger partial charge in [0.15, 0.2) is 0 Å². The van der Waals surface area contributed by atoms with E-state index in [9.17, 15) is 0 Å². The van der Waals surface area contributed by atoms with E-state index in [1.807, 2.05) is 0 Å². The highest BCUT2D eigenvalue weighted by molar-refractivity contribution is 4.97. The van der Waals surface area contributed by atoms with Gasteiger partial charge in [0.1, 0.15) is 0 Å². The van der Waals surface area contributed by atoms with Crippen LogP contribution in [0, 0.1) is 18.3 Å². The first-order chi connectivity index (χ1) is 6.28. The van der Waals surface area contributed by atoms with Crippen molar-refractivity contribution < 1.29 is 5.11 Å². The number of hydrogen-bond acceptors (Lipinski definition) is 2. The van der Waals surface area contributed by atoms with E-state index in [-0.39, 0.29) is 12.6 Å². The normalized spacial score (nSPS) is 14.9. The van der Waals surface area contributed by atoms with Gasteiger partial charge in [-0.25, -0.2) is 0 Å².